The van der Waals surface area contributed by atoms with Crippen molar-refractivity contribution in [1.82, 2.24) is 20.4 Å². The Morgan fingerprint density at radius 1 is 1.24 bits per heavy atom. The van der Waals surface area contributed by atoms with Crippen LogP contribution in [0.2, 0.25) is 0 Å². The summed E-state index contributed by atoms with van der Waals surface area (Å²) in [7, 11) is 4.88. The Bertz CT molecular complexity index is 461. The number of hydrogen-bond donors (Lipinski definition) is 2. The summed E-state index contributed by atoms with van der Waals surface area (Å²) in [6.45, 7) is 1.43. The number of carbonyl (C=O) groups excluding carboxylic acids is 2. The smallest absolute Gasteiger partial charge is 0.273 e. The number of carbonyl (C=O) groups is 2. The van der Waals surface area contributed by atoms with E-state index in [0.717, 1.165) is 0 Å². The van der Waals surface area contributed by atoms with Crippen LogP contribution >= 0.6 is 0 Å². The maximum atomic E-state index is 11.6. The van der Waals surface area contributed by atoms with Gasteiger partial charge < -0.3 is 20.3 Å². The van der Waals surface area contributed by atoms with Crippen molar-refractivity contribution in [1.29, 1.82) is 0 Å². The van der Waals surface area contributed by atoms with Crippen LogP contribution in [0.1, 0.15) is 16.9 Å². The molecule has 1 aromatic rings. The monoisotopic (exact) mass is 295 g/mol. The summed E-state index contributed by atoms with van der Waals surface area (Å²) in [6.07, 6.45) is 0.323. The number of nitrogens with zero attached hydrogens (tertiary/aromatic N) is 3. The predicted molar refractivity (Wildman–Crippen MR) is 78.0 cm³/mol. The molecule has 0 saturated carbocycles. The first kappa shape index (κ1) is 16.8. The van der Waals surface area contributed by atoms with Gasteiger partial charge >= 0.3 is 0 Å². The van der Waals surface area contributed by atoms with Crippen LogP contribution in [0.4, 0.5) is 5.82 Å². The van der Waals surface area contributed by atoms with Crippen LogP contribution in [0.25, 0.3) is 0 Å². The molecule has 1 heterocycles. The van der Waals surface area contributed by atoms with Crippen molar-refractivity contribution in [2.45, 2.75) is 6.42 Å². The summed E-state index contributed by atoms with van der Waals surface area (Å²) >= 11 is 0. The number of anilines is 1. The summed E-state index contributed by atoms with van der Waals surface area (Å²) in [4.78, 5) is 24.5. The SMILES string of the molecule is COCCNC(=O)CCNc1ccc(C(=O)N(C)C)nn1. The fraction of sp³-hybridized carbons (Fsp3) is 0.538. The molecule has 21 heavy (non-hydrogen) atoms. The minimum absolute atomic E-state index is 0.0630. The molecule has 0 spiro atoms. The molecule has 116 valence electrons. The van der Waals surface area contributed by atoms with Crippen LogP contribution in [-0.2, 0) is 9.53 Å². The number of methoxy groups -OCH3 is 1. The van der Waals surface area contributed by atoms with E-state index in [4.69, 9.17) is 4.74 Å². The highest BCUT2D eigenvalue weighted by Crippen LogP contribution is 2.03. The van der Waals surface area contributed by atoms with Crippen molar-refractivity contribution in [2.75, 3.05) is 46.2 Å². The van der Waals surface area contributed by atoms with E-state index in [-0.39, 0.29) is 17.5 Å². The van der Waals surface area contributed by atoms with Crippen LogP contribution < -0.4 is 10.6 Å². The van der Waals surface area contributed by atoms with E-state index >= 15 is 0 Å². The summed E-state index contributed by atoms with van der Waals surface area (Å²) < 4.78 is 4.83. The molecule has 1 rings (SSSR count). The largest absolute Gasteiger partial charge is 0.383 e. The maximum Gasteiger partial charge on any atom is 0.273 e. The molecule has 0 aromatic carbocycles. The fourth-order valence-corrected chi connectivity index (χ4v) is 1.45. The number of rotatable bonds is 8. The first-order valence-electron chi connectivity index (χ1n) is 6.59. The Labute approximate surface area is 123 Å². The van der Waals surface area contributed by atoms with E-state index in [1.54, 1.807) is 33.3 Å². The molecule has 0 bridgehead atoms. The minimum atomic E-state index is -0.202. The zero-order valence-electron chi connectivity index (χ0n) is 12.5. The molecule has 8 heteroatoms. The molecule has 0 aliphatic carbocycles. The molecule has 0 unspecified atom stereocenters. The Hall–Kier alpha value is -2.22. The third kappa shape index (κ3) is 6.17. The number of amides is 2. The standard InChI is InChI=1S/C13H21N5O3/c1-18(2)13(20)10-4-5-11(17-16-10)14-7-6-12(19)15-8-9-21-3/h4-5H,6-9H2,1-3H3,(H,14,17)(H,15,19). The first-order valence-corrected chi connectivity index (χ1v) is 6.59. The Morgan fingerprint density at radius 2 is 2.00 bits per heavy atom. The molecule has 2 amide bonds. The highest BCUT2D eigenvalue weighted by molar-refractivity contribution is 5.91. The number of aromatic nitrogens is 2. The van der Waals surface area contributed by atoms with Crippen molar-refractivity contribution in [3.63, 3.8) is 0 Å². The van der Waals surface area contributed by atoms with Crippen LogP contribution in [0.15, 0.2) is 12.1 Å². The summed E-state index contributed by atoms with van der Waals surface area (Å²) in [6, 6.07) is 3.25. The van der Waals surface area contributed by atoms with Crippen molar-refractivity contribution in [3.8, 4) is 0 Å². The van der Waals surface area contributed by atoms with Gasteiger partial charge in [0.15, 0.2) is 5.69 Å². The quantitative estimate of drug-likeness (QED) is 0.642. The lowest BCUT2D eigenvalue weighted by molar-refractivity contribution is -0.121. The fourth-order valence-electron chi connectivity index (χ4n) is 1.45. The molecule has 0 radical (unpaired) electrons. The molecule has 0 aliphatic rings. The summed E-state index contributed by atoms with van der Waals surface area (Å²) in [5.74, 6) is 0.258. The second-order valence-electron chi connectivity index (χ2n) is 4.52. The van der Waals surface area contributed by atoms with Gasteiger partial charge in [-0.15, -0.1) is 10.2 Å². The average Bonchev–Trinajstić information content (AvgIpc) is 2.47. The van der Waals surface area contributed by atoms with Crippen LogP contribution in [0, 0.1) is 0 Å². The van der Waals surface area contributed by atoms with Gasteiger partial charge in [0.25, 0.3) is 5.91 Å². The predicted octanol–water partition coefficient (Wildman–Crippen LogP) is -0.257. The molecule has 0 aliphatic heterocycles. The van der Waals surface area contributed by atoms with E-state index in [9.17, 15) is 9.59 Å². The van der Waals surface area contributed by atoms with Crippen molar-refractivity contribution >= 4 is 17.6 Å². The van der Waals surface area contributed by atoms with Crippen LogP contribution in [0.5, 0.6) is 0 Å². The number of ether oxygens (including phenoxy) is 1. The molecule has 0 fully saturated rings. The highest BCUT2D eigenvalue weighted by atomic mass is 16.5. The molecule has 1 aromatic heterocycles. The lowest BCUT2D eigenvalue weighted by Gasteiger charge is -2.09. The summed E-state index contributed by atoms with van der Waals surface area (Å²) in [5, 5.41) is 13.4. The van der Waals surface area contributed by atoms with Crippen molar-refractivity contribution in [3.05, 3.63) is 17.8 Å². The molecule has 0 saturated heterocycles. The van der Waals surface area contributed by atoms with Gasteiger partial charge in [0.2, 0.25) is 5.91 Å². The van der Waals surface area contributed by atoms with E-state index in [0.29, 0.717) is 31.9 Å². The van der Waals surface area contributed by atoms with Crippen molar-refractivity contribution in [2.24, 2.45) is 0 Å². The normalized spacial score (nSPS) is 10.0. The first-order chi connectivity index (χ1) is 10.0. The zero-order valence-corrected chi connectivity index (χ0v) is 12.5. The van der Waals surface area contributed by atoms with Gasteiger partial charge in [0.05, 0.1) is 6.61 Å². The van der Waals surface area contributed by atoms with Crippen LogP contribution in [0.3, 0.4) is 0 Å². The Morgan fingerprint density at radius 3 is 2.57 bits per heavy atom. The van der Waals surface area contributed by atoms with Gasteiger partial charge in [-0.1, -0.05) is 0 Å². The van der Waals surface area contributed by atoms with Gasteiger partial charge in [0, 0.05) is 40.7 Å². The lowest BCUT2D eigenvalue weighted by Crippen LogP contribution is -2.28. The molecule has 8 nitrogen and oxygen atoms in total. The van der Waals surface area contributed by atoms with Crippen molar-refractivity contribution < 1.29 is 14.3 Å². The molecular formula is C13H21N5O3. The second kappa shape index (κ2) is 8.85. The average molecular weight is 295 g/mol. The zero-order chi connectivity index (χ0) is 15.7. The Kier molecular flexibility index (Phi) is 7.10. The van der Waals surface area contributed by atoms with E-state index in [1.165, 1.54) is 4.90 Å². The number of nitrogens with one attached hydrogen (secondary N) is 2. The van der Waals surface area contributed by atoms with E-state index in [2.05, 4.69) is 20.8 Å². The van der Waals surface area contributed by atoms with E-state index in [1.807, 2.05) is 0 Å². The van der Waals surface area contributed by atoms with Gasteiger partial charge in [-0.2, -0.15) is 0 Å². The minimum Gasteiger partial charge on any atom is -0.383 e. The van der Waals surface area contributed by atoms with Crippen LogP contribution in [-0.4, -0.2) is 67.8 Å². The van der Waals surface area contributed by atoms with Gasteiger partial charge in [0.1, 0.15) is 5.82 Å². The number of hydrogen-bond acceptors (Lipinski definition) is 6. The summed E-state index contributed by atoms with van der Waals surface area (Å²) in [5.41, 5.74) is 0.280. The third-order valence-electron chi connectivity index (χ3n) is 2.58. The van der Waals surface area contributed by atoms with Gasteiger partial charge in [-0.3, -0.25) is 9.59 Å². The highest BCUT2D eigenvalue weighted by Gasteiger charge is 2.10. The lowest BCUT2D eigenvalue weighted by atomic mass is 10.3. The van der Waals surface area contributed by atoms with Gasteiger partial charge in [-0.25, -0.2) is 0 Å². The Balaban J connectivity index is 2.33. The third-order valence-corrected chi connectivity index (χ3v) is 2.58. The van der Waals surface area contributed by atoms with E-state index < -0.39 is 0 Å². The molecule has 0 atom stereocenters. The molecular weight excluding hydrogens is 274 g/mol. The molecule has 2 N–H and O–H groups in total. The maximum absolute atomic E-state index is 11.6. The topological polar surface area (TPSA) is 96.5 Å². The second-order valence-corrected chi connectivity index (χ2v) is 4.52. The van der Waals surface area contributed by atoms with Gasteiger partial charge in [-0.05, 0) is 12.1 Å².